The van der Waals surface area contributed by atoms with Crippen molar-refractivity contribution in [2.75, 3.05) is 18.0 Å². The first-order chi connectivity index (χ1) is 10.1. The molecule has 2 fully saturated rings. The summed E-state index contributed by atoms with van der Waals surface area (Å²) in [5.41, 5.74) is 0. The van der Waals surface area contributed by atoms with Crippen LogP contribution in [0.1, 0.15) is 19.3 Å². The Morgan fingerprint density at radius 1 is 1.19 bits per heavy atom. The second kappa shape index (κ2) is 5.67. The van der Waals surface area contributed by atoms with Crippen LogP contribution in [0.25, 0.3) is 0 Å². The molecule has 1 saturated heterocycles. The van der Waals surface area contributed by atoms with Gasteiger partial charge in [-0.3, -0.25) is 9.59 Å². The molecule has 2 atom stereocenters. The number of carbonyl (C=O) groups is 2. The van der Waals surface area contributed by atoms with Crippen molar-refractivity contribution < 1.29 is 14.7 Å². The van der Waals surface area contributed by atoms with E-state index in [-0.39, 0.29) is 17.9 Å². The molecule has 1 aromatic heterocycles. The molecule has 0 unspecified atom stereocenters. The van der Waals surface area contributed by atoms with Crippen molar-refractivity contribution in [2.45, 2.75) is 25.3 Å². The summed E-state index contributed by atoms with van der Waals surface area (Å²) in [5, 5.41) is 11.8. The Hall–Kier alpha value is -2.18. The van der Waals surface area contributed by atoms with Gasteiger partial charge in [0.1, 0.15) is 0 Å². The molecular formula is C14H18N4O3. The van der Waals surface area contributed by atoms with E-state index in [0.29, 0.717) is 6.42 Å². The zero-order valence-electron chi connectivity index (χ0n) is 11.6. The van der Waals surface area contributed by atoms with Crippen LogP contribution in [0.4, 0.5) is 5.95 Å². The zero-order valence-corrected chi connectivity index (χ0v) is 11.6. The molecular weight excluding hydrogens is 272 g/mol. The summed E-state index contributed by atoms with van der Waals surface area (Å²) in [4.78, 5) is 33.2. The van der Waals surface area contributed by atoms with Crippen LogP contribution in [0.2, 0.25) is 0 Å². The van der Waals surface area contributed by atoms with E-state index in [2.05, 4.69) is 20.2 Å². The third-order valence-electron chi connectivity index (χ3n) is 4.12. The first-order valence-corrected chi connectivity index (χ1v) is 7.20. The summed E-state index contributed by atoms with van der Waals surface area (Å²) in [6.45, 7) is 1.59. The number of aliphatic carboxylic acids is 1. The second-order valence-corrected chi connectivity index (χ2v) is 5.61. The summed E-state index contributed by atoms with van der Waals surface area (Å²) in [5.74, 6) is -1.08. The minimum Gasteiger partial charge on any atom is -0.481 e. The van der Waals surface area contributed by atoms with E-state index in [4.69, 9.17) is 5.11 Å². The second-order valence-electron chi connectivity index (χ2n) is 5.61. The Kier molecular flexibility index (Phi) is 3.72. The van der Waals surface area contributed by atoms with Gasteiger partial charge in [0.15, 0.2) is 0 Å². The van der Waals surface area contributed by atoms with Crippen molar-refractivity contribution in [3.8, 4) is 0 Å². The van der Waals surface area contributed by atoms with Crippen molar-refractivity contribution in [3.05, 3.63) is 18.5 Å². The molecule has 112 valence electrons. The number of piperidine rings is 1. The molecule has 0 bridgehead atoms. The number of nitrogens with zero attached hydrogens (tertiary/aromatic N) is 3. The van der Waals surface area contributed by atoms with Gasteiger partial charge in [0, 0.05) is 31.5 Å². The highest BCUT2D eigenvalue weighted by Crippen LogP contribution is 2.38. The smallest absolute Gasteiger partial charge is 0.307 e. The number of aromatic nitrogens is 2. The van der Waals surface area contributed by atoms with Crippen molar-refractivity contribution in [1.29, 1.82) is 0 Å². The molecule has 1 aliphatic carbocycles. The molecule has 1 aromatic rings. The van der Waals surface area contributed by atoms with Crippen molar-refractivity contribution >= 4 is 17.8 Å². The van der Waals surface area contributed by atoms with Crippen LogP contribution < -0.4 is 10.2 Å². The summed E-state index contributed by atoms with van der Waals surface area (Å²) >= 11 is 0. The van der Waals surface area contributed by atoms with Gasteiger partial charge in [0.05, 0.1) is 11.8 Å². The van der Waals surface area contributed by atoms with E-state index in [1.165, 1.54) is 0 Å². The molecule has 0 aromatic carbocycles. The van der Waals surface area contributed by atoms with Gasteiger partial charge in [0.25, 0.3) is 0 Å². The van der Waals surface area contributed by atoms with Gasteiger partial charge < -0.3 is 15.3 Å². The molecule has 7 heteroatoms. The maximum absolute atomic E-state index is 11.9. The predicted octanol–water partition coefficient (Wildman–Crippen LogP) is 0.282. The number of nitrogens with one attached hydrogen (secondary N) is 1. The van der Waals surface area contributed by atoms with Gasteiger partial charge in [-0.2, -0.15) is 0 Å². The van der Waals surface area contributed by atoms with E-state index in [9.17, 15) is 9.59 Å². The lowest BCUT2D eigenvalue weighted by Crippen LogP contribution is -2.45. The molecule has 7 nitrogen and oxygen atoms in total. The molecule has 2 aliphatic rings. The molecule has 1 amide bonds. The van der Waals surface area contributed by atoms with Crippen LogP contribution in [-0.2, 0) is 9.59 Å². The number of carboxylic acids is 1. The number of anilines is 1. The Labute approximate surface area is 122 Å². The van der Waals surface area contributed by atoms with E-state index in [1.807, 2.05) is 0 Å². The van der Waals surface area contributed by atoms with Crippen molar-refractivity contribution in [1.82, 2.24) is 15.3 Å². The summed E-state index contributed by atoms with van der Waals surface area (Å²) in [6, 6.07) is 1.90. The third kappa shape index (κ3) is 3.12. The maximum atomic E-state index is 11.9. The monoisotopic (exact) mass is 290 g/mol. The highest BCUT2D eigenvalue weighted by Gasteiger charge is 2.48. The number of amides is 1. The quantitative estimate of drug-likeness (QED) is 0.827. The average molecular weight is 290 g/mol. The minimum absolute atomic E-state index is 0.114. The lowest BCUT2D eigenvalue weighted by molar-refractivity contribution is -0.140. The van der Waals surface area contributed by atoms with Gasteiger partial charge in [-0.15, -0.1) is 0 Å². The lowest BCUT2D eigenvalue weighted by Gasteiger charge is -2.32. The Bertz CT molecular complexity index is 528. The lowest BCUT2D eigenvalue weighted by atomic mass is 10.0. The largest absolute Gasteiger partial charge is 0.481 e. The topological polar surface area (TPSA) is 95.4 Å². The molecule has 1 aliphatic heterocycles. The van der Waals surface area contributed by atoms with Crippen LogP contribution in [0.15, 0.2) is 18.5 Å². The summed E-state index contributed by atoms with van der Waals surface area (Å²) in [6.07, 6.45) is 5.56. The number of carbonyl (C=O) groups excluding carboxylic acids is 1. The van der Waals surface area contributed by atoms with Crippen LogP contribution in [0.3, 0.4) is 0 Å². The van der Waals surface area contributed by atoms with Crippen LogP contribution >= 0.6 is 0 Å². The maximum Gasteiger partial charge on any atom is 0.307 e. The van der Waals surface area contributed by atoms with E-state index < -0.39 is 11.9 Å². The van der Waals surface area contributed by atoms with Gasteiger partial charge in [-0.05, 0) is 25.3 Å². The average Bonchev–Trinajstić information content (AvgIpc) is 3.30. The zero-order chi connectivity index (χ0) is 14.8. The number of rotatable bonds is 4. The highest BCUT2D eigenvalue weighted by atomic mass is 16.4. The number of carboxylic acid groups (broad SMARTS) is 1. The van der Waals surface area contributed by atoms with E-state index >= 15 is 0 Å². The fourth-order valence-electron chi connectivity index (χ4n) is 2.74. The molecule has 2 N–H and O–H groups in total. The van der Waals surface area contributed by atoms with Gasteiger partial charge in [-0.25, -0.2) is 9.97 Å². The Morgan fingerprint density at radius 2 is 1.86 bits per heavy atom. The van der Waals surface area contributed by atoms with Crippen molar-refractivity contribution in [2.24, 2.45) is 11.8 Å². The third-order valence-corrected chi connectivity index (χ3v) is 4.12. The molecule has 3 rings (SSSR count). The minimum atomic E-state index is -0.869. The first kappa shape index (κ1) is 13.8. The van der Waals surface area contributed by atoms with Crippen LogP contribution in [0.5, 0.6) is 0 Å². The number of hydrogen-bond donors (Lipinski definition) is 2. The van der Waals surface area contributed by atoms with Crippen LogP contribution in [-0.4, -0.2) is 46.1 Å². The SMILES string of the molecule is O=C(O)[C@H]1C[C@H]1C(=O)NC1CCN(c2ncccn2)CC1. The molecule has 21 heavy (non-hydrogen) atoms. The molecule has 0 radical (unpaired) electrons. The Balaban J connectivity index is 1.46. The summed E-state index contributed by atoms with van der Waals surface area (Å²) < 4.78 is 0. The van der Waals surface area contributed by atoms with Crippen LogP contribution in [0, 0.1) is 11.8 Å². The van der Waals surface area contributed by atoms with E-state index in [0.717, 1.165) is 31.9 Å². The van der Waals surface area contributed by atoms with Gasteiger partial charge in [0.2, 0.25) is 11.9 Å². The first-order valence-electron chi connectivity index (χ1n) is 7.20. The van der Waals surface area contributed by atoms with Crippen molar-refractivity contribution in [3.63, 3.8) is 0 Å². The fourth-order valence-corrected chi connectivity index (χ4v) is 2.74. The summed E-state index contributed by atoms with van der Waals surface area (Å²) in [7, 11) is 0. The standard InChI is InChI=1S/C14H18N4O3/c19-12(10-8-11(10)13(20)21)17-9-2-6-18(7-3-9)14-15-4-1-5-16-14/h1,4-5,9-11H,2-3,6-8H2,(H,17,19)(H,20,21)/t10-,11+/m1/s1. The van der Waals surface area contributed by atoms with Gasteiger partial charge in [-0.1, -0.05) is 0 Å². The highest BCUT2D eigenvalue weighted by molar-refractivity contribution is 5.89. The molecule has 0 spiro atoms. The van der Waals surface area contributed by atoms with Gasteiger partial charge >= 0.3 is 5.97 Å². The normalized spacial score (nSPS) is 25.4. The van der Waals surface area contributed by atoms with E-state index in [1.54, 1.807) is 18.5 Å². The predicted molar refractivity (Wildman–Crippen MR) is 74.6 cm³/mol. The Morgan fingerprint density at radius 3 is 2.43 bits per heavy atom. The molecule has 2 heterocycles. The molecule has 1 saturated carbocycles. The fraction of sp³-hybridized carbons (Fsp3) is 0.571. The number of hydrogen-bond acceptors (Lipinski definition) is 5.